The van der Waals surface area contributed by atoms with Gasteiger partial charge in [-0.25, -0.2) is 9.69 Å². The van der Waals surface area contributed by atoms with Crippen LogP contribution in [0.3, 0.4) is 0 Å². The molecule has 1 N–H and O–H groups in total. The molecule has 0 unspecified atom stereocenters. The molecule has 6 heteroatoms. The van der Waals surface area contributed by atoms with Gasteiger partial charge in [-0.2, -0.15) is 0 Å². The van der Waals surface area contributed by atoms with Gasteiger partial charge in [0, 0.05) is 6.54 Å². The van der Waals surface area contributed by atoms with Gasteiger partial charge in [-0.3, -0.25) is 9.69 Å². The summed E-state index contributed by atoms with van der Waals surface area (Å²) in [6, 6.07) is 7.54. The second-order valence-electron chi connectivity index (χ2n) is 7.29. The molecular weight excluding hydrogens is 318 g/mol. The second-order valence-corrected chi connectivity index (χ2v) is 7.29. The van der Waals surface area contributed by atoms with Crippen LogP contribution >= 0.6 is 0 Å². The van der Waals surface area contributed by atoms with E-state index in [2.05, 4.69) is 12.2 Å². The van der Waals surface area contributed by atoms with Crippen LogP contribution in [0.5, 0.6) is 5.75 Å². The zero-order valence-electron chi connectivity index (χ0n) is 15.2. The summed E-state index contributed by atoms with van der Waals surface area (Å²) < 4.78 is 5.16. The van der Waals surface area contributed by atoms with Gasteiger partial charge in [-0.05, 0) is 43.5 Å². The summed E-state index contributed by atoms with van der Waals surface area (Å²) in [7, 11) is 3.56. The zero-order valence-corrected chi connectivity index (χ0v) is 15.2. The van der Waals surface area contributed by atoms with Crippen molar-refractivity contribution < 1.29 is 14.3 Å². The van der Waals surface area contributed by atoms with E-state index in [0.717, 1.165) is 37.0 Å². The van der Waals surface area contributed by atoms with Gasteiger partial charge in [0.15, 0.2) is 0 Å². The fourth-order valence-corrected chi connectivity index (χ4v) is 3.96. The Bertz CT molecular complexity index is 646. The maximum Gasteiger partial charge on any atom is 0.326 e. The van der Waals surface area contributed by atoms with Gasteiger partial charge < -0.3 is 10.1 Å². The number of amides is 3. The largest absolute Gasteiger partial charge is 0.497 e. The van der Waals surface area contributed by atoms with Crippen molar-refractivity contribution in [2.75, 3.05) is 20.8 Å². The molecule has 1 spiro atoms. The van der Waals surface area contributed by atoms with Gasteiger partial charge in [0.1, 0.15) is 11.3 Å². The van der Waals surface area contributed by atoms with Crippen molar-refractivity contribution in [3.63, 3.8) is 0 Å². The summed E-state index contributed by atoms with van der Waals surface area (Å²) in [4.78, 5) is 28.7. The number of methoxy groups -OCH3 is 1. The van der Waals surface area contributed by atoms with E-state index in [1.54, 1.807) is 7.11 Å². The SMILES string of the molecule is COc1ccc(CN(C)CN2C(=O)N[C@]3(CCCC[C@@H]3C)C2=O)cc1. The zero-order chi connectivity index (χ0) is 18.0. The fourth-order valence-electron chi connectivity index (χ4n) is 3.96. The van der Waals surface area contributed by atoms with Gasteiger partial charge in [-0.15, -0.1) is 0 Å². The predicted molar refractivity (Wildman–Crippen MR) is 95.1 cm³/mol. The van der Waals surface area contributed by atoms with Gasteiger partial charge in [0.2, 0.25) is 0 Å². The van der Waals surface area contributed by atoms with Crippen LogP contribution in [0.2, 0.25) is 0 Å². The van der Waals surface area contributed by atoms with Crippen LogP contribution in [0, 0.1) is 5.92 Å². The summed E-state index contributed by atoms with van der Waals surface area (Å²) in [5, 5.41) is 3.00. The molecule has 25 heavy (non-hydrogen) atoms. The molecule has 2 aliphatic rings. The first-order valence-corrected chi connectivity index (χ1v) is 8.92. The van der Waals surface area contributed by atoms with Gasteiger partial charge in [0.05, 0.1) is 13.8 Å². The lowest BCUT2D eigenvalue weighted by Gasteiger charge is -2.37. The molecule has 6 nitrogen and oxygen atoms in total. The van der Waals surface area contributed by atoms with Crippen LogP contribution in [0.25, 0.3) is 0 Å². The van der Waals surface area contributed by atoms with Crippen LogP contribution < -0.4 is 10.1 Å². The van der Waals surface area contributed by atoms with Crippen molar-refractivity contribution in [3.8, 4) is 5.75 Å². The van der Waals surface area contributed by atoms with Crippen molar-refractivity contribution in [2.24, 2.45) is 5.92 Å². The van der Waals surface area contributed by atoms with E-state index in [-0.39, 0.29) is 17.9 Å². The average molecular weight is 345 g/mol. The predicted octanol–water partition coefficient (Wildman–Crippen LogP) is 2.59. The molecule has 136 valence electrons. The van der Waals surface area contributed by atoms with Crippen LogP contribution in [0.1, 0.15) is 38.2 Å². The Kier molecular flexibility index (Phi) is 4.99. The highest BCUT2D eigenvalue weighted by Gasteiger charge is 2.54. The lowest BCUT2D eigenvalue weighted by Crippen LogP contribution is -2.54. The highest BCUT2D eigenvalue weighted by atomic mass is 16.5. The van der Waals surface area contributed by atoms with E-state index in [1.165, 1.54) is 4.90 Å². The summed E-state index contributed by atoms with van der Waals surface area (Å²) in [6.45, 7) is 3.02. The number of ether oxygens (including phenoxy) is 1. The molecule has 2 fully saturated rings. The number of rotatable bonds is 5. The Balaban J connectivity index is 1.65. The number of imide groups is 1. The van der Waals surface area contributed by atoms with Gasteiger partial charge in [-0.1, -0.05) is 31.9 Å². The van der Waals surface area contributed by atoms with Crippen LogP contribution in [0.4, 0.5) is 4.79 Å². The molecule has 1 aromatic rings. The quantitative estimate of drug-likeness (QED) is 0.833. The van der Waals surface area contributed by atoms with Crippen molar-refractivity contribution in [2.45, 2.75) is 44.7 Å². The molecule has 0 aromatic heterocycles. The number of nitrogens with zero attached hydrogens (tertiary/aromatic N) is 2. The van der Waals surface area contributed by atoms with Gasteiger partial charge in [0.25, 0.3) is 5.91 Å². The van der Waals surface area contributed by atoms with Crippen LogP contribution in [-0.4, -0.2) is 48.1 Å². The molecule has 0 bridgehead atoms. The Morgan fingerprint density at radius 1 is 1.28 bits per heavy atom. The molecule has 1 aliphatic heterocycles. The first-order chi connectivity index (χ1) is 12.0. The van der Waals surface area contributed by atoms with E-state index in [4.69, 9.17) is 4.74 Å². The number of nitrogens with one attached hydrogen (secondary N) is 1. The molecule has 0 radical (unpaired) electrons. The maximum absolute atomic E-state index is 13.0. The molecule has 1 aliphatic carbocycles. The molecule has 1 aromatic carbocycles. The molecular formula is C19H27N3O3. The third-order valence-electron chi connectivity index (χ3n) is 5.50. The highest BCUT2D eigenvalue weighted by molar-refractivity contribution is 6.07. The Morgan fingerprint density at radius 2 is 2.00 bits per heavy atom. The first kappa shape index (κ1) is 17.7. The fraction of sp³-hybridized carbons (Fsp3) is 0.579. The number of hydrogen-bond acceptors (Lipinski definition) is 4. The molecule has 3 rings (SSSR count). The van der Waals surface area contributed by atoms with Crippen molar-refractivity contribution in [1.29, 1.82) is 0 Å². The number of benzene rings is 1. The van der Waals surface area contributed by atoms with E-state index in [9.17, 15) is 9.59 Å². The van der Waals surface area contributed by atoms with Crippen molar-refractivity contribution in [3.05, 3.63) is 29.8 Å². The maximum atomic E-state index is 13.0. The lowest BCUT2D eigenvalue weighted by atomic mass is 9.73. The second kappa shape index (κ2) is 7.04. The standard InChI is InChI=1S/C19H27N3O3/c1-14-6-4-5-11-19(14)17(23)22(18(24)20-19)13-21(2)12-15-7-9-16(25-3)10-8-15/h7-10,14H,4-6,11-13H2,1-3H3,(H,20,24)/t14-,19-/m0/s1. The monoisotopic (exact) mass is 345 g/mol. The van der Waals surface area contributed by atoms with E-state index < -0.39 is 5.54 Å². The Morgan fingerprint density at radius 3 is 2.64 bits per heavy atom. The minimum absolute atomic E-state index is 0.0636. The lowest BCUT2D eigenvalue weighted by molar-refractivity contribution is -0.135. The first-order valence-electron chi connectivity index (χ1n) is 8.92. The normalized spacial score (nSPS) is 26.4. The summed E-state index contributed by atoms with van der Waals surface area (Å²) in [6.07, 6.45) is 3.86. The number of carbonyl (C=O) groups is 2. The smallest absolute Gasteiger partial charge is 0.326 e. The summed E-state index contributed by atoms with van der Waals surface area (Å²) in [5.74, 6) is 0.939. The van der Waals surface area contributed by atoms with Crippen LogP contribution in [0.15, 0.2) is 24.3 Å². The molecule has 3 amide bonds. The molecule has 1 saturated carbocycles. The number of urea groups is 1. The minimum Gasteiger partial charge on any atom is -0.497 e. The Labute approximate surface area is 149 Å². The summed E-state index contributed by atoms with van der Waals surface area (Å²) in [5.41, 5.74) is 0.423. The topological polar surface area (TPSA) is 61.9 Å². The van der Waals surface area contributed by atoms with Crippen LogP contribution in [-0.2, 0) is 11.3 Å². The molecule has 1 heterocycles. The van der Waals surface area contributed by atoms with Gasteiger partial charge >= 0.3 is 6.03 Å². The molecule has 2 atom stereocenters. The average Bonchev–Trinajstić information content (AvgIpc) is 2.83. The third kappa shape index (κ3) is 3.35. The van der Waals surface area contributed by atoms with E-state index in [0.29, 0.717) is 13.2 Å². The van der Waals surface area contributed by atoms with Crippen molar-refractivity contribution >= 4 is 11.9 Å². The molecule has 1 saturated heterocycles. The third-order valence-corrected chi connectivity index (χ3v) is 5.50. The minimum atomic E-state index is -0.684. The summed E-state index contributed by atoms with van der Waals surface area (Å²) >= 11 is 0. The number of hydrogen-bond donors (Lipinski definition) is 1. The highest BCUT2D eigenvalue weighted by Crippen LogP contribution is 2.38. The van der Waals surface area contributed by atoms with E-state index >= 15 is 0 Å². The Hall–Kier alpha value is -2.08. The van der Waals surface area contributed by atoms with Crippen molar-refractivity contribution in [1.82, 2.24) is 15.1 Å². The number of carbonyl (C=O) groups excluding carboxylic acids is 2. The van der Waals surface area contributed by atoms with E-state index in [1.807, 2.05) is 36.2 Å².